The summed E-state index contributed by atoms with van der Waals surface area (Å²) in [5.41, 5.74) is 1.92. The largest absolute Gasteiger partial charge is 0.493 e. The molecule has 0 amide bonds. The number of aliphatic hydroxyl groups is 1. The molecule has 1 unspecified atom stereocenters. The van der Waals surface area contributed by atoms with Crippen LogP contribution in [-0.2, 0) is 16.1 Å². The molecule has 1 N–H and O–H groups in total. The third-order valence-corrected chi connectivity index (χ3v) is 4.63. The lowest BCUT2D eigenvalue weighted by Crippen LogP contribution is -2.28. The van der Waals surface area contributed by atoms with Crippen molar-refractivity contribution in [2.24, 2.45) is 0 Å². The van der Waals surface area contributed by atoms with Gasteiger partial charge in [-0.1, -0.05) is 36.4 Å². The average molecular weight is 372 g/mol. The molecule has 27 heavy (non-hydrogen) atoms. The first-order valence-corrected chi connectivity index (χ1v) is 9.47. The van der Waals surface area contributed by atoms with E-state index in [0.29, 0.717) is 24.7 Å². The van der Waals surface area contributed by atoms with Crippen LogP contribution in [0.25, 0.3) is 0 Å². The number of benzene rings is 2. The lowest BCUT2D eigenvalue weighted by Gasteiger charge is -2.29. The third kappa shape index (κ3) is 5.45. The van der Waals surface area contributed by atoms with Crippen LogP contribution < -0.4 is 9.47 Å². The van der Waals surface area contributed by atoms with Crippen molar-refractivity contribution in [1.29, 1.82) is 0 Å². The number of hydrogen-bond acceptors (Lipinski definition) is 5. The fraction of sp³-hybridized carbons (Fsp3) is 0.455. The van der Waals surface area contributed by atoms with Crippen molar-refractivity contribution in [3.63, 3.8) is 0 Å². The van der Waals surface area contributed by atoms with Crippen molar-refractivity contribution in [1.82, 2.24) is 0 Å². The van der Waals surface area contributed by atoms with E-state index in [-0.39, 0.29) is 6.29 Å². The van der Waals surface area contributed by atoms with Crippen LogP contribution in [0, 0.1) is 0 Å². The first-order valence-electron chi connectivity index (χ1n) is 9.47. The van der Waals surface area contributed by atoms with Gasteiger partial charge < -0.3 is 24.1 Å². The summed E-state index contributed by atoms with van der Waals surface area (Å²) < 4.78 is 23.1. The molecular formula is C22H28O5. The smallest absolute Gasteiger partial charge is 0.161 e. The van der Waals surface area contributed by atoms with E-state index in [9.17, 15) is 5.11 Å². The van der Waals surface area contributed by atoms with Crippen molar-refractivity contribution < 1.29 is 24.1 Å². The first-order chi connectivity index (χ1) is 13.2. The van der Waals surface area contributed by atoms with Crippen LogP contribution in [0.15, 0.2) is 48.5 Å². The van der Waals surface area contributed by atoms with Gasteiger partial charge in [-0.15, -0.1) is 0 Å². The topological polar surface area (TPSA) is 57.2 Å². The minimum absolute atomic E-state index is 0.279. The van der Waals surface area contributed by atoms with Gasteiger partial charge in [-0.3, -0.25) is 0 Å². The number of rotatable bonds is 8. The van der Waals surface area contributed by atoms with Gasteiger partial charge in [-0.05, 0) is 49.4 Å². The molecule has 1 aliphatic heterocycles. The minimum atomic E-state index is -0.670. The second-order valence-corrected chi connectivity index (χ2v) is 6.78. The average Bonchev–Trinajstić information content (AvgIpc) is 2.71. The number of ether oxygens (including phenoxy) is 4. The van der Waals surface area contributed by atoms with E-state index in [1.54, 1.807) is 14.0 Å². The molecule has 2 aromatic rings. The van der Waals surface area contributed by atoms with Crippen molar-refractivity contribution in [2.45, 2.75) is 51.3 Å². The molecule has 0 bridgehead atoms. The highest BCUT2D eigenvalue weighted by Crippen LogP contribution is 2.34. The quantitative estimate of drug-likeness (QED) is 0.751. The van der Waals surface area contributed by atoms with E-state index in [4.69, 9.17) is 18.9 Å². The summed E-state index contributed by atoms with van der Waals surface area (Å²) in [6.07, 6.45) is 1.55. The van der Waals surface area contributed by atoms with Crippen LogP contribution in [0.4, 0.5) is 0 Å². The molecule has 5 heteroatoms. The van der Waals surface area contributed by atoms with E-state index in [1.165, 1.54) is 0 Å². The molecule has 1 aliphatic rings. The van der Waals surface area contributed by atoms with Gasteiger partial charge in [-0.2, -0.15) is 0 Å². The third-order valence-electron chi connectivity index (χ3n) is 4.63. The summed E-state index contributed by atoms with van der Waals surface area (Å²) >= 11 is 0. The molecule has 3 atom stereocenters. The van der Waals surface area contributed by atoms with Gasteiger partial charge in [0.2, 0.25) is 0 Å². The van der Waals surface area contributed by atoms with Crippen LogP contribution in [0.3, 0.4) is 0 Å². The van der Waals surface area contributed by atoms with Crippen LogP contribution in [0.2, 0.25) is 0 Å². The van der Waals surface area contributed by atoms with Crippen LogP contribution >= 0.6 is 0 Å². The molecule has 0 saturated carbocycles. The van der Waals surface area contributed by atoms with Crippen molar-refractivity contribution in [3.8, 4) is 11.5 Å². The molecule has 146 valence electrons. The molecule has 1 fully saturated rings. The van der Waals surface area contributed by atoms with Gasteiger partial charge in [0.05, 0.1) is 13.2 Å². The fourth-order valence-electron chi connectivity index (χ4n) is 3.17. The zero-order valence-corrected chi connectivity index (χ0v) is 16.0. The highest BCUT2D eigenvalue weighted by Gasteiger charge is 2.25. The maximum absolute atomic E-state index is 10.2. The summed E-state index contributed by atoms with van der Waals surface area (Å²) in [4.78, 5) is 0. The maximum Gasteiger partial charge on any atom is 0.161 e. The van der Waals surface area contributed by atoms with Gasteiger partial charge in [0, 0.05) is 6.61 Å². The van der Waals surface area contributed by atoms with E-state index in [2.05, 4.69) is 0 Å². The van der Waals surface area contributed by atoms with Crippen molar-refractivity contribution >= 4 is 0 Å². The van der Waals surface area contributed by atoms with E-state index >= 15 is 0 Å². The lowest BCUT2D eigenvalue weighted by atomic mass is 10.0. The Morgan fingerprint density at radius 3 is 2.59 bits per heavy atom. The molecule has 1 saturated heterocycles. The predicted octanol–water partition coefficient (Wildman–Crippen LogP) is 4.24. The summed E-state index contributed by atoms with van der Waals surface area (Å²) in [6, 6.07) is 15.6. The Hall–Kier alpha value is -2.08. The van der Waals surface area contributed by atoms with Crippen LogP contribution in [0.5, 0.6) is 11.5 Å². The number of aliphatic hydroxyl groups excluding tert-OH is 1. The molecular weight excluding hydrogens is 344 g/mol. The first kappa shape index (κ1) is 19.7. The molecule has 1 heterocycles. The van der Waals surface area contributed by atoms with Gasteiger partial charge in [-0.25, -0.2) is 0 Å². The van der Waals surface area contributed by atoms with Crippen molar-refractivity contribution in [3.05, 3.63) is 59.7 Å². The second kappa shape index (κ2) is 9.74. The Morgan fingerprint density at radius 1 is 1.11 bits per heavy atom. The van der Waals surface area contributed by atoms with Crippen molar-refractivity contribution in [2.75, 3.05) is 13.7 Å². The summed E-state index contributed by atoms with van der Waals surface area (Å²) in [6.45, 7) is 2.88. The van der Waals surface area contributed by atoms with Gasteiger partial charge in [0.1, 0.15) is 12.7 Å². The minimum Gasteiger partial charge on any atom is -0.493 e. The molecule has 0 aliphatic carbocycles. The monoisotopic (exact) mass is 372 g/mol. The Bertz CT molecular complexity index is 695. The molecule has 5 nitrogen and oxygen atoms in total. The molecule has 2 aromatic carbocycles. The predicted molar refractivity (Wildman–Crippen MR) is 103 cm³/mol. The molecule has 3 rings (SSSR count). The maximum atomic E-state index is 10.2. The normalized spacial score (nSPS) is 19.3. The Balaban J connectivity index is 1.72. The summed E-state index contributed by atoms with van der Waals surface area (Å²) in [5, 5.41) is 10.2. The lowest BCUT2D eigenvalue weighted by molar-refractivity contribution is -0.207. The second-order valence-electron chi connectivity index (χ2n) is 6.78. The molecule has 0 aromatic heterocycles. The van der Waals surface area contributed by atoms with Gasteiger partial charge >= 0.3 is 0 Å². The molecule has 0 spiro atoms. The SMILES string of the molecule is COc1cc([C@@H](OC2CCCCO2)[C@@H](C)O)ccc1OCc1ccccc1. The Labute approximate surface area is 160 Å². The van der Waals surface area contributed by atoms with Crippen LogP contribution in [-0.4, -0.2) is 31.2 Å². The number of methoxy groups -OCH3 is 1. The summed E-state index contributed by atoms with van der Waals surface area (Å²) in [7, 11) is 1.61. The zero-order valence-electron chi connectivity index (χ0n) is 16.0. The van der Waals surface area contributed by atoms with E-state index < -0.39 is 12.2 Å². The van der Waals surface area contributed by atoms with E-state index in [0.717, 1.165) is 30.4 Å². The fourth-order valence-corrected chi connectivity index (χ4v) is 3.17. The van der Waals surface area contributed by atoms with Gasteiger partial charge in [0.25, 0.3) is 0 Å². The highest BCUT2D eigenvalue weighted by molar-refractivity contribution is 5.44. The Kier molecular flexibility index (Phi) is 7.10. The van der Waals surface area contributed by atoms with Crippen LogP contribution in [0.1, 0.15) is 43.4 Å². The molecule has 0 radical (unpaired) electrons. The highest BCUT2D eigenvalue weighted by atomic mass is 16.7. The summed E-state index contributed by atoms with van der Waals surface area (Å²) in [5.74, 6) is 1.27. The standard InChI is InChI=1S/C22H28O5/c1-16(23)22(27-21-10-6-7-13-25-21)18-11-12-19(20(14-18)24-2)26-15-17-8-4-3-5-9-17/h3-5,8-9,11-12,14,16,21-23H,6-7,10,13,15H2,1-2H3/t16-,21?,22+/m1/s1. The zero-order chi connectivity index (χ0) is 19.1. The van der Waals surface area contributed by atoms with E-state index in [1.807, 2.05) is 48.5 Å². The van der Waals surface area contributed by atoms with Gasteiger partial charge in [0.15, 0.2) is 17.8 Å². The Morgan fingerprint density at radius 2 is 1.93 bits per heavy atom. The number of hydrogen-bond donors (Lipinski definition) is 1.